The van der Waals surface area contributed by atoms with E-state index in [1.54, 1.807) is 32.0 Å². The molecule has 3 aromatic heterocycles. The number of aromatic amines is 1. The number of nitrogens with one attached hydrogen (secondary N) is 2. The average molecular weight is 314 g/mol. The van der Waals surface area contributed by atoms with Crippen molar-refractivity contribution in [2.75, 3.05) is 0 Å². The van der Waals surface area contributed by atoms with Gasteiger partial charge in [0.15, 0.2) is 5.76 Å². The van der Waals surface area contributed by atoms with E-state index in [1.165, 1.54) is 6.26 Å². The molecule has 1 amide bonds. The zero-order valence-corrected chi connectivity index (χ0v) is 12.5. The van der Waals surface area contributed by atoms with Gasteiger partial charge < -0.3 is 19.2 Å². The minimum absolute atomic E-state index is 0.0132. The molecule has 0 fully saturated rings. The Morgan fingerprint density at radius 2 is 2.22 bits per heavy atom. The van der Waals surface area contributed by atoms with Crippen molar-refractivity contribution in [2.24, 2.45) is 0 Å². The number of aromatic nitrogens is 3. The van der Waals surface area contributed by atoms with Gasteiger partial charge in [-0.1, -0.05) is 5.16 Å². The van der Waals surface area contributed by atoms with Gasteiger partial charge in [-0.25, -0.2) is 0 Å². The standard InChI is InChI=1S/C15H14N4O4/c1-8-6-9(2)17-15(21)12(8)14(20)16-7-11-18-13(19-23-11)10-4-3-5-22-10/h3-6H,7H2,1-2H3,(H,16,20)(H,17,21). The van der Waals surface area contributed by atoms with Gasteiger partial charge >= 0.3 is 0 Å². The first-order chi connectivity index (χ1) is 11.0. The number of pyridine rings is 1. The molecule has 3 rings (SSSR count). The van der Waals surface area contributed by atoms with Crippen LogP contribution in [0.2, 0.25) is 0 Å². The highest BCUT2D eigenvalue weighted by Gasteiger charge is 2.16. The minimum atomic E-state index is -0.499. The van der Waals surface area contributed by atoms with Crippen LogP contribution < -0.4 is 10.9 Å². The summed E-state index contributed by atoms with van der Waals surface area (Å²) in [4.78, 5) is 30.8. The van der Waals surface area contributed by atoms with Crippen LogP contribution in [-0.4, -0.2) is 21.0 Å². The molecule has 0 unspecified atom stereocenters. The molecule has 8 nitrogen and oxygen atoms in total. The fourth-order valence-electron chi connectivity index (χ4n) is 2.21. The summed E-state index contributed by atoms with van der Waals surface area (Å²) in [6.07, 6.45) is 1.50. The maximum absolute atomic E-state index is 12.2. The van der Waals surface area contributed by atoms with Gasteiger partial charge in [-0.3, -0.25) is 9.59 Å². The lowest BCUT2D eigenvalue weighted by atomic mass is 10.1. The monoisotopic (exact) mass is 314 g/mol. The first-order valence-corrected chi connectivity index (χ1v) is 6.90. The van der Waals surface area contributed by atoms with Crippen LogP contribution in [0.25, 0.3) is 11.6 Å². The second kappa shape index (κ2) is 5.91. The summed E-state index contributed by atoms with van der Waals surface area (Å²) < 4.78 is 10.2. The Bertz CT molecular complexity index is 893. The van der Waals surface area contributed by atoms with Crippen molar-refractivity contribution >= 4 is 5.91 Å². The number of amides is 1. The maximum atomic E-state index is 12.2. The van der Waals surface area contributed by atoms with E-state index >= 15 is 0 Å². The fourth-order valence-corrected chi connectivity index (χ4v) is 2.21. The number of aryl methyl sites for hydroxylation is 2. The maximum Gasteiger partial charge on any atom is 0.261 e. The lowest BCUT2D eigenvalue weighted by Gasteiger charge is -2.05. The molecule has 0 aliphatic rings. The molecule has 0 aromatic carbocycles. The molecule has 23 heavy (non-hydrogen) atoms. The summed E-state index contributed by atoms with van der Waals surface area (Å²) in [5.41, 5.74) is 0.942. The molecular weight excluding hydrogens is 300 g/mol. The molecule has 8 heteroatoms. The Balaban J connectivity index is 1.72. The van der Waals surface area contributed by atoms with E-state index in [9.17, 15) is 9.59 Å². The van der Waals surface area contributed by atoms with Crippen LogP contribution in [0.1, 0.15) is 27.5 Å². The molecule has 0 radical (unpaired) electrons. The predicted molar refractivity (Wildman–Crippen MR) is 79.7 cm³/mol. The highest BCUT2D eigenvalue weighted by molar-refractivity contribution is 5.95. The quantitative estimate of drug-likeness (QED) is 0.755. The zero-order valence-electron chi connectivity index (χ0n) is 12.5. The van der Waals surface area contributed by atoms with E-state index in [1.807, 2.05) is 0 Å². The molecule has 0 spiro atoms. The van der Waals surface area contributed by atoms with Gasteiger partial charge in [0.1, 0.15) is 5.56 Å². The summed E-state index contributed by atoms with van der Waals surface area (Å²) in [5.74, 6) is 0.480. The van der Waals surface area contributed by atoms with Crippen LogP contribution in [0.3, 0.4) is 0 Å². The van der Waals surface area contributed by atoms with E-state index in [0.29, 0.717) is 22.8 Å². The molecule has 0 bridgehead atoms. The van der Waals surface area contributed by atoms with Gasteiger partial charge in [-0.2, -0.15) is 4.98 Å². The first kappa shape index (κ1) is 14.8. The van der Waals surface area contributed by atoms with E-state index in [-0.39, 0.29) is 18.0 Å². The first-order valence-electron chi connectivity index (χ1n) is 6.90. The van der Waals surface area contributed by atoms with Crippen molar-refractivity contribution < 1.29 is 13.7 Å². The molecule has 118 valence electrons. The van der Waals surface area contributed by atoms with Gasteiger partial charge in [-0.15, -0.1) is 0 Å². The number of carbonyl (C=O) groups is 1. The van der Waals surface area contributed by atoms with Crippen molar-refractivity contribution in [2.45, 2.75) is 20.4 Å². The normalized spacial score (nSPS) is 10.7. The smallest absolute Gasteiger partial charge is 0.261 e. The van der Waals surface area contributed by atoms with Crippen LogP contribution >= 0.6 is 0 Å². The molecule has 3 aromatic rings. The van der Waals surface area contributed by atoms with E-state index in [0.717, 1.165) is 0 Å². The number of hydrogen-bond acceptors (Lipinski definition) is 6. The lowest BCUT2D eigenvalue weighted by molar-refractivity contribution is 0.0944. The van der Waals surface area contributed by atoms with Gasteiger partial charge in [-0.05, 0) is 37.6 Å². The highest BCUT2D eigenvalue weighted by atomic mass is 16.5. The Morgan fingerprint density at radius 3 is 2.91 bits per heavy atom. The number of carbonyl (C=O) groups excluding carboxylic acids is 1. The molecular formula is C15H14N4O4. The Kier molecular flexibility index (Phi) is 3.80. The molecule has 2 N–H and O–H groups in total. The number of rotatable bonds is 4. The molecule has 0 aliphatic carbocycles. The van der Waals surface area contributed by atoms with Crippen LogP contribution in [-0.2, 0) is 6.54 Å². The largest absolute Gasteiger partial charge is 0.461 e. The Morgan fingerprint density at radius 1 is 1.39 bits per heavy atom. The second-order valence-corrected chi connectivity index (χ2v) is 5.01. The third kappa shape index (κ3) is 3.05. The third-order valence-electron chi connectivity index (χ3n) is 3.20. The molecule has 0 saturated heterocycles. The zero-order chi connectivity index (χ0) is 16.4. The van der Waals surface area contributed by atoms with Crippen molar-refractivity contribution in [1.29, 1.82) is 0 Å². The summed E-state index contributed by atoms with van der Waals surface area (Å²) >= 11 is 0. The van der Waals surface area contributed by atoms with Gasteiger partial charge in [0.2, 0.25) is 11.7 Å². The van der Waals surface area contributed by atoms with Crippen molar-refractivity contribution in [3.8, 4) is 11.6 Å². The van der Waals surface area contributed by atoms with Crippen LogP contribution in [0.4, 0.5) is 0 Å². The van der Waals surface area contributed by atoms with Crippen molar-refractivity contribution in [3.05, 3.63) is 57.5 Å². The Labute approximate surface area is 130 Å². The summed E-state index contributed by atoms with van der Waals surface area (Å²) in [6, 6.07) is 5.14. The SMILES string of the molecule is Cc1cc(C)c(C(=O)NCc2nc(-c3ccco3)no2)c(=O)[nH]1. The molecule has 0 saturated carbocycles. The number of hydrogen-bond donors (Lipinski definition) is 2. The number of nitrogens with zero attached hydrogens (tertiary/aromatic N) is 2. The van der Waals surface area contributed by atoms with E-state index < -0.39 is 11.5 Å². The van der Waals surface area contributed by atoms with Crippen molar-refractivity contribution in [1.82, 2.24) is 20.4 Å². The van der Waals surface area contributed by atoms with Crippen LogP contribution in [0, 0.1) is 13.8 Å². The highest BCUT2D eigenvalue weighted by Crippen LogP contribution is 2.15. The van der Waals surface area contributed by atoms with E-state index in [4.69, 9.17) is 8.94 Å². The van der Waals surface area contributed by atoms with E-state index in [2.05, 4.69) is 20.4 Å². The van der Waals surface area contributed by atoms with Crippen molar-refractivity contribution in [3.63, 3.8) is 0 Å². The lowest BCUT2D eigenvalue weighted by Crippen LogP contribution is -2.30. The van der Waals surface area contributed by atoms with Crippen LogP contribution in [0.5, 0.6) is 0 Å². The second-order valence-electron chi connectivity index (χ2n) is 5.01. The third-order valence-corrected chi connectivity index (χ3v) is 3.20. The van der Waals surface area contributed by atoms with Gasteiger partial charge in [0.05, 0.1) is 12.8 Å². The van der Waals surface area contributed by atoms with Crippen LogP contribution in [0.15, 0.2) is 38.2 Å². The summed E-state index contributed by atoms with van der Waals surface area (Å²) in [7, 11) is 0. The number of furan rings is 1. The van der Waals surface area contributed by atoms with Gasteiger partial charge in [0.25, 0.3) is 11.5 Å². The number of H-pyrrole nitrogens is 1. The predicted octanol–water partition coefficient (Wildman–Crippen LogP) is 1.56. The summed E-state index contributed by atoms with van der Waals surface area (Å²) in [5, 5.41) is 6.35. The average Bonchev–Trinajstić information content (AvgIpc) is 3.15. The molecule has 0 aliphatic heterocycles. The molecule has 3 heterocycles. The minimum Gasteiger partial charge on any atom is -0.461 e. The fraction of sp³-hybridized carbons (Fsp3) is 0.200. The summed E-state index contributed by atoms with van der Waals surface area (Å²) in [6.45, 7) is 3.48. The topological polar surface area (TPSA) is 114 Å². The van der Waals surface area contributed by atoms with Gasteiger partial charge in [0, 0.05) is 5.69 Å². The molecule has 0 atom stereocenters. The Hall–Kier alpha value is -3.16.